The van der Waals surface area contributed by atoms with E-state index in [1.807, 2.05) is 0 Å². The van der Waals surface area contributed by atoms with E-state index < -0.39 is 11.9 Å². The summed E-state index contributed by atoms with van der Waals surface area (Å²) in [5.41, 5.74) is 0. The minimum Gasteiger partial charge on any atom is -0.457 e. The smallest absolute Gasteiger partial charge is 0.374 e. The Morgan fingerprint density at radius 3 is 1.59 bits per heavy atom. The van der Waals surface area contributed by atoms with Crippen LogP contribution in [-0.2, 0) is 9.47 Å². The molecule has 0 bridgehead atoms. The van der Waals surface area contributed by atoms with Crippen molar-refractivity contribution in [3.8, 4) is 0 Å². The number of rotatable bonds is 4. The Balaban J connectivity index is 2.71. The second kappa shape index (κ2) is 5.52. The highest BCUT2D eigenvalue weighted by Crippen LogP contribution is 2.12. The molecule has 0 atom stereocenters. The number of ether oxygens (including phenoxy) is 2. The molecular weight excluding hydrogens is 224 g/mol. The third kappa shape index (κ3) is 3.94. The molecule has 0 aliphatic rings. The van der Waals surface area contributed by atoms with Gasteiger partial charge in [0.15, 0.2) is 0 Å². The summed E-state index contributed by atoms with van der Waals surface area (Å²) in [7, 11) is 0. The van der Waals surface area contributed by atoms with Crippen LogP contribution in [-0.4, -0.2) is 24.1 Å². The molecule has 0 aromatic carbocycles. The first-order valence-corrected chi connectivity index (χ1v) is 5.42. The number of furan rings is 1. The normalized spacial score (nSPS) is 10.7. The molecule has 1 aromatic rings. The van der Waals surface area contributed by atoms with Gasteiger partial charge in [-0.1, -0.05) is 0 Å². The summed E-state index contributed by atoms with van der Waals surface area (Å²) in [6, 6.07) is 2.78. The largest absolute Gasteiger partial charge is 0.457 e. The quantitative estimate of drug-likeness (QED) is 0.756. The molecule has 0 aliphatic carbocycles. The molecule has 0 fully saturated rings. The number of carbonyl (C=O) groups is 2. The first kappa shape index (κ1) is 13.3. The van der Waals surface area contributed by atoms with Crippen LogP contribution in [0.15, 0.2) is 16.5 Å². The van der Waals surface area contributed by atoms with Crippen molar-refractivity contribution >= 4 is 11.9 Å². The first-order valence-electron chi connectivity index (χ1n) is 5.42. The highest BCUT2D eigenvalue weighted by molar-refractivity contribution is 5.90. The van der Waals surface area contributed by atoms with Crippen molar-refractivity contribution in [2.45, 2.75) is 39.9 Å². The molecule has 1 heterocycles. The minimum absolute atomic E-state index is 0.00518. The van der Waals surface area contributed by atoms with Gasteiger partial charge >= 0.3 is 11.9 Å². The summed E-state index contributed by atoms with van der Waals surface area (Å²) >= 11 is 0. The fourth-order valence-electron chi connectivity index (χ4n) is 1.10. The van der Waals surface area contributed by atoms with Gasteiger partial charge in [0.25, 0.3) is 0 Å². The maximum absolute atomic E-state index is 11.4. The fraction of sp³-hybridized carbons (Fsp3) is 0.500. The van der Waals surface area contributed by atoms with Gasteiger partial charge in [-0.15, -0.1) is 0 Å². The lowest BCUT2D eigenvalue weighted by atomic mass is 10.4. The fourth-order valence-corrected chi connectivity index (χ4v) is 1.10. The van der Waals surface area contributed by atoms with Gasteiger partial charge < -0.3 is 13.9 Å². The molecule has 94 valence electrons. The molecule has 1 rings (SSSR count). The molecule has 1 aromatic heterocycles. The molecule has 0 radical (unpaired) electrons. The number of hydrogen-bond donors (Lipinski definition) is 0. The van der Waals surface area contributed by atoms with Gasteiger partial charge in [-0.25, -0.2) is 9.59 Å². The maximum atomic E-state index is 11.4. The molecule has 0 unspecified atom stereocenters. The van der Waals surface area contributed by atoms with Crippen molar-refractivity contribution in [3.63, 3.8) is 0 Å². The zero-order valence-corrected chi connectivity index (χ0v) is 10.4. The van der Waals surface area contributed by atoms with E-state index in [1.165, 1.54) is 12.1 Å². The Labute approximate surface area is 99.7 Å². The third-order valence-electron chi connectivity index (χ3n) is 1.69. The van der Waals surface area contributed by atoms with Crippen LogP contribution < -0.4 is 0 Å². The molecule has 0 N–H and O–H groups in total. The van der Waals surface area contributed by atoms with Crippen LogP contribution in [0.1, 0.15) is 48.8 Å². The average Bonchev–Trinajstić information content (AvgIpc) is 2.63. The topological polar surface area (TPSA) is 65.7 Å². The van der Waals surface area contributed by atoms with E-state index in [0.717, 1.165) is 0 Å². The minimum atomic E-state index is -0.594. The first-order chi connectivity index (χ1) is 7.90. The van der Waals surface area contributed by atoms with Gasteiger partial charge in [0.1, 0.15) is 0 Å². The zero-order valence-electron chi connectivity index (χ0n) is 10.4. The number of carbonyl (C=O) groups excluding carboxylic acids is 2. The van der Waals surface area contributed by atoms with Crippen molar-refractivity contribution in [3.05, 3.63) is 23.7 Å². The number of esters is 2. The van der Waals surface area contributed by atoms with Crippen molar-refractivity contribution in [2.24, 2.45) is 0 Å². The van der Waals surface area contributed by atoms with Crippen LogP contribution in [0.25, 0.3) is 0 Å². The summed E-state index contributed by atoms with van der Waals surface area (Å²) in [6.45, 7) is 6.92. The van der Waals surface area contributed by atoms with Crippen LogP contribution in [0.2, 0.25) is 0 Å². The van der Waals surface area contributed by atoms with E-state index in [9.17, 15) is 9.59 Å². The van der Waals surface area contributed by atoms with E-state index >= 15 is 0 Å². The van der Waals surface area contributed by atoms with Crippen molar-refractivity contribution in [2.75, 3.05) is 0 Å². The maximum Gasteiger partial charge on any atom is 0.374 e. The van der Waals surface area contributed by atoms with Crippen LogP contribution in [0.5, 0.6) is 0 Å². The molecule has 5 heteroatoms. The zero-order chi connectivity index (χ0) is 13.0. The molecule has 17 heavy (non-hydrogen) atoms. The molecule has 0 amide bonds. The third-order valence-corrected chi connectivity index (χ3v) is 1.69. The molecule has 0 saturated heterocycles. The van der Waals surface area contributed by atoms with E-state index in [1.54, 1.807) is 27.7 Å². The predicted octanol–water partition coefficient (Wildman–Crippen LogP) is 2.41. The van der Waals surface area contributed by atoms with Gasteiger partial charge in [0.2, 0.25) is 11.5 Å². The van der Waals surface area contributed by atoms with E-state index in [4.69, 9.17) is 13.9 Å². The Bertz CT molecular complexity index is 366. The predicted molar refractivity (Wildman–Crippen MR) is 59.8 cm³/mol. The Kier molecular flexibility index (Phi) is 4.31. The monoisotopic (exact) mass is 240 g/mol. The van der Waals surface area contributed by atoms with Crippen LogP contribution in [0.3, 0.4) is 0 Å². The van der Waals surface area contributed by atoms with Gasteiger partial charge in [-0.2, -0.15) is 0 Å². The van der Waals surface area contributed by atoms with Crippen LogP contribution in [0.4, 0.5) is 0 Å². The lowest BCUT2D eigenvalue weighted by Crippen LogP contribution is -2.12. The molecular formula is C12H16O5. The highest BCUT2D eigenvalue weighted by Gasteiger charge is 2.19. The van der Waals surface area contributed by atoms with Crippen LogP contribution in [0, 0.1) is 0 Å². The Hall–Kier alpha value is -1.78. The second-order valence-corrected chi connectivity index (χ2v) is 4.07. The van der Waals surface area contributed by atoms with Crippen LogP contribution >= 0.6 is 0 Å². The van der Waals surface area contributed by atoms with Crippen molar-refractivity contribution in [1.29, 1.82) is 0 Å². The van der Waals surface area contributed by atoms with Gasteiger partial charge in [-0.05, 0) is 39.8 Å². The van der Waals surface area contributed by atoms with E-state index in [2.05, 4.69) is 0 Å². The molecule has 0 saturated carbocycles. The van der Waals surface area contributed by atoms with Crippen molar-refractivity contribution < 1.29 is 23.5 Å². The van der Waals surface area contributed by atoms with Gasteiger partial charge in [-0.3, -0.25) is 0 Å². The van der Waals surface area contributed by atoms with E-state index in [-0.39, 0.29) is 23.7 Å². The number of hydrogen-bond acceptors (Lipinski definition) is 5. The Morgan fingerprint density at radius 1 is 0.941 bits per heavy atom. The summed E-state index contributed by atoms with van der Waals surface area (Å²) in [4.78, 5) is 22.9. The summed E-state index contributed by atoms with van der Waals surface area (Å²) in [5, 5.41) is 0. The van der Waals surface area contributed by atoms with Gasteiger partial charge in [0, 0.05) is 0 Å². The van der Waals surface area contributed by atoms with Gasteiger partial charge in [0.05, 0.1) is 12.2 Å². The summed E-state index contributed by atoms with van der Waals surface area (Å²) < 4.78 is 14.9. The second-order valence-electron chi connectivity index (χ2n) is 4.07. The summed E-state index contributed by atoms with van der Waals surface area (Å²) in [5.74, 6) is -1.20. The lowest BCUT2D eigenvalue weighted by molar-refractivity contribution is 0.0308. The highest BCUT2D eigenvalue weighted by atomic mass is 16.6. The lowest BCUT2D eigenvalue weighted by Gasteiger charge is -2.06. The summed E-state index contributed by atoms with van der Waals surface area (Å²) in [6.07, 6.45) is -0.475. The standard InChI is InChI=1S/C12H16O5/c1-7(2)15-11(13)9-5-6-10(17-9)12(14)16-8(3)4/h5-8H,1-4H3. The SMILES string of the molecule is CC(C)OC(=O)c1ccc(C(=O)OC(C)C)o1. The average molecular weight is 240 g/mol. The molecule has 0 aliphatic heterocycles. The molecule has 5 nitrogen and oxygen atoms in total. The Morgan fingerprint density at radius 2 is 1.29 bits per heavy atom. The van der Waals surface area contributed by atoms with E-state index in [0.29, 0.717) is 0 Å². The van der Waals surface area contributed by atoms with Crippen molar-refractivity contribution in [1.82, 2.24) is 0 Å². The molecule has 0 spiro atoms.